The summed E-state index contributed by atoms with van der Waals surface area (Å²) in [5.41, 5.74) is 0.927. The second-order valence-electron chi connectivity index (χ2n) is 5.79. The van der Waals surface area contributed by atoms with Crippen molar-refractivity contribution in [3.8, 4) is 5.75 Å². The lowest BCUT2D eigenvalue weighted by atomic mass is 9.96. The molecule has 1 aromatic rings. The highest BCUT2D eigenvalue weighted by atomic mass is 16.5. The molecule has 0 spiro atoms. The number of para-hydroxylation sites is 1. The lowest BCUT2D eigenvalue weighted by molar-refractivity contribution is 0.114. The molecule has 0 bridgehead atoms. The van der Waals surface area contributed by atoms with Crippen molar-refractivity contribution >= 4 is 0 Å². The number of hydrogen-bond donors (Lipinski definition) is 2. The van der Waals surface area contributed by atoms with Gasteiger partial charge >= 0.3 is 0 Å². The normalized spacial score (nSPS) is 16.2. The van der Waals surface area contributed by atoms with Gasteiger partial charge in [0, 0.05) is 12.0 Å². The van der Waals surface area contributed by atoms with Gasteiger partial charge in [0.15, 0.2) is 0 Å². The summed E-state index contributed by atoms with van der Waals surface area (Å²) >= 11 is 0. The van der Waals surface area contributed by atoms with E-state index in [1.54, 1.807) is 0 Å². The molecule has 2 atom stereocenters. The molecule has 2 unspecified atom stereocenters. The van der Waals surface area contributed by atoms with E-state index in [4.69, 9.17) is 4.74 Å². The highest BCUT2D eigenvalue weighted by Crippen LogP contribution is 2.27. The van der Waals surface area contributed by atoms with Crippen LogP contribution in [0.3, 0.4) is 0 Å². The predicted molar refractivity (Wildman–Crippen MR) is 79.8 cm³/mol. The van der Waals surface area contributed by atoms with Crippen LogP contribution < -0.4 is 10.1 Å². The van der Waals surface area contributed by atoms with Crippen molar-refractivity contribution in [3.63, 3.8) is 0 Å². The number of ether oxygens (including phenoxy) is 1. The highest BCUT2D eigenvalue weighted by molar-refractivity contribution is 5.35. The smallest absolute Gasteiger partial charge is 0.123 e. The number of aliphatic hydroxyl groups is 1. The first-order valence-electron chi connectivity index (χ1n) is 6.97. The quantitative estimate of drug-likeness (QED) is 0.796. The number of aliphatic hydroxyl groups excluding tert-OH is 1. The number of benzene rings is 1. The Morgan fingerprint density at radius 1 is 1.26 bits per heavy atom. The maximum absolute atomic E-state index is 9.43. The molecule has 3 nitrogen and oxygen atoms in total. The molecule has 0 aliphatic rings. The van der Waals surface area contributed by atoms with E-state index in [2.05, 4.69) is 25.2 Å². The maximum atomic E-state index is 9.43. The minimum Gasteiger partial charge on any atom is -0.490 e. The van der Waals surface area contributed by atoms with Gasteiger partial charge < -0.3 is 15.2 Å². The molecule has 0 radical (unpaired) electrons. The molecule has 0 saturated heterocycles. The average molecular weight is 265 g/mol. The van der Waals surface area contributed by atoms with Crippen LogP contribution in [0.2, 0.25) is 0 Å². The number of rotatable bonds is 7. The molecule has 19 heavy (non-hydrogen) atoms. The molecule has 0 aliphatic heterocycles. The number of nitrogens with one attached hydrogen (secondary N) is 1. The van der Waals surface area contributed by atoms with Crippen LogP contribution in [-0.2, 0) is 0 Å². The van der Waals surface area contributed by atoms with E-state index >= 15 is 0 Å². The Morgan fingerprint density at radius 3 is 2.42 bits per heavy atom. The minimum absolute atomic E-state index is 0.0458. The summed E-state index contributed by atoms with van der Waals surface area (Å²) in [5, 5.41) is 12.6. The van der Waals surface area contributed by atoms with Crippen molar-refractivity contribution < 1.29 is 9.84 Å². The molecular formula is C16H27NO2. The van der Waals surface area contributed by atoms with Crippen LogP contribution in [0, 0.1) is 0 Å². The first kappa shape index (κ1) is 16.0. The summed E-state index contributed by atoms with van der Waals surface area (Å²) in [4.78, 5) is 0. The standard InChI is InChI=1S/C16H27NO2/c1-12(2)14-8-6-7-9-15(14)19-13(3)10-16(4,11-18)17-5/h6-9,12-13,17-18H,10-11H2,1-5H3. The summed E-state index contributed by atoms with van der Waals surface area (Å²) < 4.78 is 6.06. The van der Waals surface area contributed by atoms with Crippen LogP contribution in [0.5, 0.6) is 5.75 Å². The van der Waals surface area contributed by atoms with Crippen LogP contribution in [0.15, 0.2) is 24.3 Å². The van der Waals surface area contributed by atoms with Crippen molar-refractivity contribution in [1.29, 1.82) is 0 Å². The van der Waals surface area contributed by atoms with E-state index in [0.717, 1.165) is 12.2 Å². The van der Waals surface area contributed by atoms with E-state index in [-0.39, 0.29) is 18.2 Å². The molecule has 108 valence electrons. The van der Waals surface area contributed by atoms with Crippen molar-refractivity contribution in [2.75, 3.05) is 13.7 Å². The molecule has 0 saturated carbocycles. The van der Waals surface area contributed by atoms with Gasteiger partial charge in [0.05, 0.1) is 12.7 Å². The Morgan fingerprint density at radius 2 is 1.89 bits per heavy atom. The van der Waals surface area contributed by atoms with Crippen LogP contribution >= 0.6 is 0 Å². The topological polar surface area (TPSA) is 41.5 Å². The fraction of sp³-hybridized carbons (Fsp3) is 0.625. The van der Waals surface area contributed by atoms with Gasteiger partial charge in [0.2, 0.25) is 0 Å². The third-order valence-corrected chi connectivity index (χ3v) is 3.56. The Hall–Kier alpha value is -1.06. The molecule has 0 aliphatic carbocycles. The van der Waals surface area contributed by atoms with Crippen LogP contribution in [0.1, 0.15) is 45.6 Å². The molecule has 2 N–H and O–H groups in total. The number of hydrogen-bond acceptors (Lipinski definition) is 3. The van der Waals surface area contributed by atoms with Crippen LogP contribution in [0.4, 0.5) is 0 Å². The van der Waals surface area contributed by atoms with Gasteiger partial charge in [0.1, 0.15) is 5.75 Å². The second-order valence-corrected chi connectivity index (χ2v) is 5.79. The fourth-order valence-electron chi connectivity index (χ4n) is 2.20. The zero-order chi connectivity index (χ0) is 14.5. The van der Waals surface area contributed by atoms with Gasteiger partial charge in [-0.3, -0.25) is 0 Å². The van der Waals surface area contributed by atoms with E-state index in [9.17, 15) is 5.11 Å². The summed E-state index contributed by atoms with van der Waals surface area (Å²) in [6.07, 6.45) is 0.802. The lowest BCUT2D eigenvalue weighted by Gasteiger charge is -2.30. The van der Waals surface area contributed by atoms with Gasteiger partial charge in [-0.25, -0.2) is 0 Å². The fourth-order valence-corrected chi connectivity index (χ4v) is 2.20. The molecule has 0 amide bonds. The van der Waals surface area contributed by atoms with Gasteiger partial charge in [-0.05, 0) is 38.4 Å². The van der Waals surface area contributed by atoms with Gasteiger partial charge in [-0.1, -0.05) is 32.0 Å². The van der Waals surface area contributed by atoms with E-state index < -0.39 is 0 Å². The largest absolute Gasteiger partial charge is 0.490 e. The molecule has 1 rings (SSSR count). The first-order valence-corrected chi connectivity index (χ1v) is 6.97. The van der Waals surface area contributed by atoms with E-state index in [0.29, 0.717) is 5.92 Å². The van der Waals surface area contributed by atoms with Gasteiger partial charge in [0.25, 0.3) is 0 Å². The molecule has 1 aromatic carbocycles. The molecule has 3 heteroatoms. The monoisotopic (exact) mass is 265 g/mol. The average Bonchev–Trinajstić information content (AvgIpc) is 2.38. The van der Waals surface area contributed by atoms with Crippen molar-refractivity contribution in [3.05, 3.63) is 29.8 Å². The molecule has 0 aromatic heterocycles. The molecule has 0 fully saturated rings. The molecular weight excluding hydrogens is 238 g/mol. The van der Waals surface area contributed by atoms with Gasteiger partial charge in [-0.15, -0.1) is 0 Å². The first-order chi connectivity index (χ1) is 8.91. The Labute approximate surface area is 117 Å². The predicted octanol–water partition coefficient (Wildman–Crippen LogP) is 2.94. The van der Waals surface area contributed by atoms with Crippen LogP contribution in [-0.4, -0.2) is 30.4 Å². The third-order valence-electron chi connectivity index (χ3n) is 3.56. The van der Waals surface area contributed by atoms with Crippen LogP contribution in [0.25, 0.3) is 0 Å². The van der Waals surface area contributed by atoms with Crippen molar-refractivity contribution in [1.82, 2.24) is 5.32 Å². The summed E-state index contributed by atoms with van der Waals surface area (Å²) in [5.74, 6) is 1.39. The Balaban J connectivity index is 2.74. The van der Waals surface area contributed by atoms with Crippen molar-refractivity contribution in [2.45, 2.75) is 51.7 Å². The van der Waals surface area contributed by atoms with Crippen molar-refractivity contribution in [2.24, 2.45) is 0 Å². The second kappa shape index (κ2) is 6.92. The zero-order valence-corrected chi connectivity index (χ0v) is 12.7. The van der Waals surface area contributed by atoms with E-state index in [1.165, 1.54) is 5.56 Å². The van der Waals surface area contributed by atoms with E-state index in [1.807, 2.05) is 39.1 Å². The Kier molecular flexibility index (Phi) is 5.83. The highest BCUT2D eigenvalue weighted by Gasteiger charge is 2.25. The van der Waals surface area contributed by atoms with Gasteiger partial charge in [-0.2, -0.15) is 0 Å². The maximum Gasteiger partial charge on any atom is 0.123 e. The third kappa shape index (κ3) is 4.51. The Bertz CT molecular complexity index is 386. The lowest BCUT2D eigenvalue weighted by Crippen LogP contribution is -2.46. The number of likely N-dealkylation sites (N-methyl/N-ethyl adjacent to an activating group) is 1. The SMILES string of the molecule is CNC(C)(CO)CC(C)Oc1ccccc1C(C)C. The summed E-state index contributed by atoms with van der Waals surface area (Å²) in [7, 11) is 1.87. The zero-order valence-electron chi connectivity index (χ0n) is 12.7. The molecule has 0 heterocycles. The summed E-state index contributed by atoms with van der Waals surface area (Å²) in [6, 6.07) is 8.16. The summed E-state index contributed by atoms with van der Waals surface area (Å²) in [6.45, 7) is 8.48. The minimum atomic E-state index is -0.299.